The number of nitrogens with two attached hydrogens (primary N) is 1. The van der Waals surface area contributed by atoms with Gasteiger partial charge in [0.05, 0.1) is 6.10 Å². The molecule has 0 aliphatic carbocycles. The van der Waals surface area contributed by atoms with E-state index in [1.165, 1.54) is 6.20 Å². The molecule has 6 heteroatoms. The highest BCUT2D eigenvalue weighted by molar-refractivity contribution is 5.32. The lowest BCUT2D eigenvalue weighted by molar-refractivity contribution is 0.00391. The van der Waals surface area contributed by atoms with E-state index >= 15 is 0 Å². The molecule has 0 spiro atoms. The van der Waals surface area contributed by atoms with Gasteiger partial charge in [0, 0.05) is 18.4 Å². The van der Waals surface area contributed by atoms with Crippen molar-refractivity contribution in [1.29, 1.82) is 0 Å². The number of hydrogen-bond acceptors (Lipinski definition) is 5. The number of nitrogen functional groups attached to an aromatic ring is 1. The number of hydrogen-bond donors (Lipinski definition) is 4. The lowest BCUT2D eigenvalue weighted by Gasteiger charge is -2.16. The average molecular weight is 216 g/mol. The molecule has 15 heavy (non-hydrogen) atoms. The van der Waals surface area contributed by atoms with Crippen LogP contribution in [-0.4, -0.2) is 33.0 Å². The maximum atomic E-state index is 13.0. The molecular formula is C9H13FN2O3. The van der Waals surface area contributed by atoms with E-state index in [1.807, 2.05) is 0 Å². The van der Waals surface area contributed by atoms with Crippen LogP contribution in [0.2, 0.25) is 0 Å². The van der Waals surface area contributed by atoms with Gasteiger partial charge in [-0.15, -0.1) is 0 Å². The fourth-order valence-electron chi connectivity index (χ4n) is 1.14. The van der Waals surface area contributed by atoms with Crippen molar-refractivity contribution in [2.75, 3.05) is 12.3 Å². The van der Waals surface area contributed by atoms with Gasteiger partial charge in [0.15, 0.2) is 11.6 Å². The maximum absolute atomic E-state index is 13.0. The topological polar surface area (TPSA) is 99.6 Å². The summed E-state index contributed by atoms with van der Waals surface area (Å²) < 4.78 is 13.0. The zero-order valence-electron chi connectivity index (χ0n) is 7.97. The molecular weight excluding hydrogens is 203 g/mol. The highest BCUT2D eigenvalue weighted by Gasteiger charge is 2.19. The van der Waals surface area contributed by atoms with Crippen LogP contribution in [0.1, 0.15) is 18.1 Å². The van der Waals surface area contributed by atoms with Gasteiger partial charge in [0.1, 0.15) is 6.10 Å². The highest BCUT2D eigenvalue weighted by Crippen LogP contribution is 2.20. The third-order valence-corrected chi connectivity index (χ3v) is 2.02. The van der Waals surface area contributed by atoms with Crippen molar-refractivity contribution in [2.45, 2.75) is 18.6 Å². The van der Waals surface area contributed by atoms with Crippen molar-refractivity contribution >= 4 is 5.82 Å². The van der Waals surface area contributed by atoms with Gasteiger partial charge >= 0.3 is 0 Å². The Bertz CT molecular complexity index is 335. The molecule has 0 bridgehead atoms. The number of aromatic nitrogens is 1. The van der Waals surface area contributed by atoms with Crippen LogP contribution in [0.25, 0.3) is 0 Å². The Balaban J connectivity index is 2.81. The first-order valence-corrected chi connectivity index (χ1v) is 4.44. The summed E-state index contributed by atoms with van der Waals surface area (Å²) in [5.74, 6) is -1.01. The second-order valence-corrected chi connectivity index (χ2v) is 3.16. The Hall–Kier alpha value is -1.24. The summed E-state index contributed by atoms with van der Waals surface area (Å²) in [5.41, 5.74) is 5.28. The summed E-state index contributed by atoms with van der Waals surface area (Å²) >= 11 is 0. The van der Waals surface area contributed by atoms with Crippen LogP contribution >= 0.6 is 0 Å². The van der Waals surface area contributed by atoms with Crippen molar-refractivity contribution < 1.29 is 19.7 Å². The van der Waals surface area contributed by atoms with Gasteiger partial charge in [0.2, 0.25) is 0 Å². The molecule has 1 heterocycles. The number of nitrogens with zero attached hydrogens (tertiary/aromatic N) is 1. The number of aliphatic hydroxyl groups excluding tert-OH is 3. The van der Waals surface area contributed by atoms with Gasteiger partial charge in [0.25, 0.3) is 0 Å². The minimum atomic E-state index is -1.28. The molecule has 5 N–H and O–H groups in total. The van der Waals surface area contributed by atoms with Crippen LogP contribution < -0.4 is 5.73 Å². The predicted molar refractivity (Wildman–Crippen MR) is 51.3 cm³/mol. The molecule has 2 unspecified atom stereocenters. The Labute approximate surface area is 86.0 Å². The van der Waals surface area contributed by atoms with Gasteiger partial charge < -0.3 is 21.1 Å². The quantitative estimate of drug-likeness (QED) is 0.547. The van der Waals surface area contributed by atoms with E-state index in [4.69, 9.17) is 10.8 Å². The number of rotatable bonds is 4. The first-order valence-electron chi connectivity index (χ1n) is 4.44. The third-order valence-electron chi connectivity index (χ3n) is 2.02. The average Bonchev–Trinajstić information content (AvgIpc) is 2.21. The molecule has 1 rings (SSSR count). The summed E-state index contributed by atoms with van der Waals surface area (Å²) in [6.45, 7) is -0.261. The summed E-state index contributed by atoms with van der Waals surface area (Å²) in [6.07, 6.45) is -1.24. The number of pyridine rings is 1. The van der Waals surface area contributed by atoms with E-state index in [2.05, 4.69) is 4.98 Å². The van der Waals surface area contributed by atoms with E-state index in [-0.39, 0.29) is 24.4 Å². The van der Waals surface area contributed by atoms with Gasteiger partial charge in [-0.2, -0.15) is 0 Å². The number of halogens is 1. The molecule has 2 atom stereocenters. The Morgan fingerprint density at radius 1 is 1.47 bits per heavy atom. The van der Waals surface area contributed by atoms with Crippen molar-refractivity contribution in [3.63, 3.8) is 0 Å². The third kappa shape index (κ3) is 2.85. The zero-order chi connectivity index (χ0) is 11.4. The fourth-order valence-corrected chi connectivity index (χ4v) is 1.14. The van der Waals surface area contributed by atoms with E-state index in [1.54, 1.807) is 0 Å². The second kappa shape index (κ2) is 5.01. The predicted octanol–water partition coefficient (Wildman–Crippen LogP) is -0.420. The molecule has 0 aliphatic rings. The molecule has 0 amide bonds. The molecule has 0 aliphatic heterocycles. The molecule has 5 nitrogen and oxygen atoms in total. The van der Waals surface area contributed by atoms with Crippen LogP contribution in [0.4, 0.5) is 10.2 Å². The van der Waals surface area contributed by atoms with Crippen LogP contribution in [0.15, 0.2) is 12.3 Å². The van der Waals surface area contributed by atoms with Gasteiger partial charge in [-0.3, -0.25) is 0 Å². The van der Waals surface area contributed by atoms with Crippen LogP contribution in [0.5, 0.6) is 0 Å². The van der Waals surface area contributed by atoms with Crippen LogP contribution in [0, 0.1) is 5.82 Å². The summed E-state index contributed by atoms with van der Waals surface area (Å²) in [5, 5.41) is 27.4. The van der Waals surface area contributed by atoms with Crippen molar-refractivity contribution in [2.24, 2.45) is 0 Å². The first-order chi connectivity index (χ1) is 7.06. The number of anilines is 1. The van der Waals surface area contributed by atoms with Gasteiger partial charge in [-0.25, -0.2) is 9.37 Å². The van der Waals surface area contributed by atoms with Crippen molar-refractivity contribution in [3.8, 4) is 0 Å². The minimum absolute atomic E-state index is 0.00711. The standard InChI is InChI=1S/C9H13FN2O3/c10-6-3-5(4-12-9(6)11)8(15)7(14)1-2-13/h3-4,7-8,13-15H,1-2H2,(H2,11,12). The Morgan fingerprint density at radius 3 is 2.67 bits per heavy atom. The molecule has 0 radical (unpaired) electrons. The molecule has 0 fully saturated rings. The summed E-state index contributed by atoms with van der Waals surface area (Å²) in [7, 11) is 0. The van der Waals surface area contributed by atoms with Gasteiger partial charge in [-0.1, -0.05) is 0 Å². The molecule has 0 aromatic carbocycles. The highest BCUT2D eigenvalue weighted by atomic mass is 19.1. The Kier molecular flexibility index (Phi) is 3.96. The number of aliphatic hydroxyl groups is 3. The zero-order valence-corrected chi connectivity index (χ0v) is 7.97. The lowest BCUT2D eigenvalue weighted by atomic mass is 10.0. The molecule has 1 aromatic rings. The summed E-state index contributed by atoms with van der Waals surface area (Å²) in [6, 6.07) is 1.01. The van der Waals surface area contributed by atoms with E-state index in [0.29, 0.717) is 0 Å². The molecule has 0 saturated carbocycles. The largest absolute Gasteiger partial charge is 0.396 e. The van der Waals surface area contributed by atoms with Crippen LogP contribution in [-0.2, 0) is 0 Å². The smallest absolute Gasteiger partial charge is 0.165 e. The monoisotopic (exact) mass is 216 g/mol. The SMILES string of the molecule is Nc1ncc(C(O)C(O)CCO)cc1F. The Morgan fingerprint density at radius 2 is 2.13 bits per heavy atom. The van der Waals surface area contributed by atoms with Crippen molar-refractivity contribution in [1.82, 2.24) is 4.98 Å². The normalized spacial score (nSPS) is 14.9. The maximum Gasteiger partial charge on any atom is 0.165 e. The second-order valence-electron chi connectivity index (χ2n) is 3.16. The fraction of sp³-hybridized carbons (Fsp3) is 0.444. The van der Waals surface area contributed by atoms with Crippen molar-refractivity contribution in [3.05, 3.63) is 23.6 Å². The molecule has 84 valence electrons. The van der Waals surface area contributed by atoms with Crippen LogP contribution in [0.3, 0.4) is 0 Å². The van der Waals surface area contributed by atoms with Gasteiger partial charge in [-0.05, 0) is 12.5 Å². The lowest BCUT2D eigenvalue weighted by Crippen LogP contribution is -2.20. The molecule has 0 saturated heterocycles. The molecule has 1 aromatic heterocycles. The first kappa shape index (κ1) is 11.8. The van der Waals surface area contributed by atoms with E-state index in [0.717, 1.165) is 6.07 Å². The van der Waals surface area contributed by atoms with E-state index < -0.39 is 18.0 Å². The van der Waals surface area contributed by atoms with E-state index in [9.17, 15) is 14.6 Å². The minimum Gasteiger partial charge on any atom is -0.396 e. The summed E-state index contributed by atoms with van der Waals surface area (Å²) in [4.78, 5) is 3.51.